The molecule has 1 aromatic carbocycles. The van der Waals surface area contributed by atoms with Crippen LogP contribution in [0.3, 0.4) is 0 Å². The molecule has 3 aromatic heterocycles. The highest BCUT2D eigenvalue weighted by atomic mass is 16.5. The number of nitrogens with zero attached hydrogens (tertiary/aromatic N) is 7. The molecule has 4 heterocycles. The van der Waals surface area contributed by atoms with Gasteiger partial charge in [0, 0.05) is 43.9 Å². The van der Waals surface area contributed by atoms with Gasteiger partial charge in [-0.3, -0.25) is 9.36 Å². The molecule has 4 aromatic rings. The van der Waals surface area contributed by atoms with Crippen molar-refractivity contribution in [3.05, 3.63) is 83.1 Å². The number of aromatic nitrogens is 6. The van der Waals surface area contributed by atoms with Gasteiger partial charge < -0.3 is 14.2 Å². The number of benzene rings is 1. The molecule has 1 saturated heterocycles. The summed E-state index contributed by atoms with van der Waals surface area (Å²) in [7, 11) is 1.74. The lowest BCUT2D eigenvalue weighted by atomic mass is 10.1. The molecule has 1 atom stereocenters. The molecule has 162 valence electrons. The number of imidazole rings is 1. The van der Waals surface area contributed by atoms with Gasteiger partial charge in [-0.05, 0) is 30.7 Å². The summed E-state index contributed by atoms with van der Waals surface area (Å²) in [5.74, 6) is 1.52. The standard InChI is InChI=1S/C23H23N7O2/c1-16-25-8-9-30(16)18-5-3-4-17(12-18)21-14-29(10-11-32-21)23-27-20(13-22(31)28(23)2)19-6-7-24-15-26-19/h3-9,12-13,15,21H,10-11,14H2,1-2H3. The maximum absolute atomic E-state index is 12.6. The first kappa shape index (κ1) is 20.1. The van der Waals surface area contributed by atoms with E-state index in [1.165, 1.54) is 12.4 Å². The zero-order valence-electron chi connectivity index (χ0n) is 17.9. The van der Waals surface area contributed by atoms with E-state index in [4.69, 9.17) is 9.72 Å². The maximum atomic E-state index is 12.6. The van der Waals surface area contributed by atoms with Crippen molar-refractivity contribution in [1.82, 2.24) is 29.1 Å². The zero-order valence-corrected chi connectivity index (χ0v) is 17.9. The van der Waals surface area contributed by atoms with Crippen LogP contribution in [0.4, 0.5) is 5.95 Å². The van der Waals surface area contributed by atoms with Gasteiger partial charge in [0.25, 0.3) is 5.56 Å². The third-order valence-corrected chi connectivity index (χ3v) is 5.65. The Kier molecular flexibility index (Phi) is 5.24. The molecule has 1 unspecified atom stereocenters. The highest BCUT2D eigenvalue weighted by Gasteiger charge is 2.25. The average Bonchev–Trinajstić information content (AvgIpc) is 3.27. The van der Waals surface area contributed by atoms with Gasteiger partial charge in [-0.15, -0.1) is 0 Å². The Labute approximate surface area is 185 Å². The van der Waals surface area contributed by atoms with Crippen molar-refractivity contribution in [2.75, 3.05) is 24.6 Å². The lowest BCUT2D eigenvalue weighted by Crippen LogP contribution is -2.41. The number of hydrogen-bond donors (Lipinski definition) is 0. The predicted octanol–water partition coefficient (Wildman–Crippen LogP) is 2.31. The molecule has 32 heavy (non-hydrogen) atoms. The predicted molar refractivity (Wildman–Crippen MR) is 120 cm³/mol. The molecule has 0 radical (unpaired) electrons. The van der Waals surface area contributed by atoms with Gasteiger partial charge in [-0.25, -0.2) is 19.9 Å². The molecule has 1 aliphatic heterocycles. The van der Waals surface area contributed by atoms with E-state index in [1.807, 2.05) is 23.8 Å². The topological polar surface area (TPSA) is 91.0 Å². The van der Waals surface area contributed by atoms with Crippen LogP contribution in [0.25, 0.3) is 17.1 Å². The van der Waals surface area contributed by atoms with Crippen molar-refractivity contribution in [2.45, 2.75) is 13.0 Å². The van der Waals surface area contributed by atoms with Gasteiger partial charge in [-0.1, -0.05) is 12.1 Å². The van der Waals surface area contributed by atoms with E-state index in [9.17, 15) is 4.79 Å². The fourth-order valence-corrected chi connectivity index (χ4v) is 3.94. The number of hydrogen-bond acceptors (Lipinski definition) is 7. The third-order valence-electron chi connectivity index (χ3n) is 5.65. The van der Waals surface area contributed by atoms with Crippen LogP contribution in [0, 0.1) is 6.92 Å². The summed E-state index contributed by atoms with van der Waals surface area (Å²) in [6, 6.07) is 11.5. The summed E-state index contributed by atoms with van der Waals surface area (Å²) in [6.07, 6.45) is 6.68. The van der Waals surface area contributed by atoms with Gasteiger partial charge >= 0.3 is 0 Å². The molecule has 0 aliphatic carbocycles. The molecule has 1 fully saturated rings. The van der Waals surface area contributed by atoms with Crippen LogP contribution in [-0.2, 0) is 11.8 Å². The molecule has 0 N–H and O–H groups in total. The Morgan fingerprint density at radius 2 is 2.00 bits per heavy atom. The SMILES string of the molecule is Cc1nccn1-c1cccc(C2CN(c3nc(-c4ccncn4)cc(=O)n3C)CCO2)c1. The second-order valence-corrected chi connectivity index (χ2v) is 7.68. The van der Waals surface area contributed by atoms with Crippen molar-refractivity contribution in [3.8, 4) is 17.1 Å². The van der Waals surface area contributed by atoms with Crippen molar-refractivity contribution >= 4 is 5.95 Å². The normalized spacial score (nSPS) is 16.3. The summed E-state index contributed by atoms with van der Waals surface area (Å²) in [5.41, 5.74) is 3.12. The van der Waals surface area contributed by atoms with Crippen LogP contribution in [-0.4, -0.2) is 48.8 Å². The smallest absolute Gasteiger partial charge is 0.255 e. The molecular formula is C23H23N7O2. The van der Waals surface area contributed by atoms with Crippen LogP contribution >= 0.6 is 0 Å². The quantitative estimate of drug-likeness (QED) is 0.492. The van der Waals surface area contributed by atoms with Crippen LogP contribution in [0.2, 0.25) is 0 Å². The van der Waals surface area contributed by atoms with Gasteiger partial charge in [0.15, 0.2) is 0 Å². The van der Waals surface area contributed by atoms with E-state index in [0.717, 1.165) is 17.1 Å². The first-order chi connectivity index (χ1) is 15.6. The zero-order chi connectivity index (χ0) is 22.1. The minimum absolute atomic E-state index is 0.135. The Balaban J connectivity index is 1.46. The highest BCUT2D eigenvalue weighted by molar-refractivity contribution is 5.55. The molecule has 5 rings (SSSR count). The van der Waals surface area contributed by atoms with Crippen LogP contribution < -0.4 is 10.5 Å². The van der Waals surface area contributed by atoms with Gasteiger partial charge in [-0.2, -0.15) is 0 Å². The monoisotopic (exact) mass is 429 g/mol. The van der Waals surface area contributed by atoms with Crippen molar-refractivity contribution in [2.24, 2.45) is 7.05 Å². The molecule has 0 amide bonds. The summed E-state index contributed by atoms with van der Waals surface area (Å²) < 4.78 is 9.71. The largest absolute Gasteiger partial charge is 0.370 e. The number of aryl methyl sites for hydroxylation is 1. The highest BCUT2D eigenvalue weighted by Crippen LogP contribution is 2.27. The minimum Gasteiger partial charge on any atom is -0.370 e. The summed E-state index contributed by atoms with van der Waals surface area (Å²) in [4.78, 5) is 32.0. The maximum Gasteiger partial charge on any atom is 0.255 e. The molecule has 0 bridgehead atoms. The first-order valence-corrected chi connectivity index (χ1v) is 10.4. The molecule has 9 nitrogen and oxygen atoms in total. The fourth-order valence-electron chi connectivity index (χ4n) is 3.94. The second kappa shape index (κ2) is 8.35. The average molecular weight is 429 g/mol. The van der Waals surface area contributed by atoms with E-state index >= 15 is 0 Å². The molecular weight excluding hydrogens is 406 g/mol. The number of anilines is 1. The fraction of sp³-hybridized carbons (Fsp3) is 0.261. The number of ether oxygens (including phenoxy) is 1. The lowest BCUT2D eigenvalue weighted by molar-refractivity contribution is 0.0390. The van der Waals surface area contributed by atoms with Crippen LogP contribution in [0.5, 0.6) is 0 Å². The minimum atomic E-state index is -0.146. The van der Waals surface area contributed by atoms with E-state index in [2.05, 4.69) is 38.1 Å². The molecule has 9 heteroatoms. The summed E-state index contributed by atoms with van der Waals surface area (Å²) in [5, 5.41) is 0. The van der Waals surface area contributed by atoms with Crippen molar-refractivity contribution in [3.63, 3.8) is 0 Å². The Morgan fingerprint density at radius 1 is 1.09 bits per heavy atom. The number of morpholine rings is 1. The van der Waals surface area contributed by atoms with Gasteiger partial charge in [0.1, 0.15) is 18.3 Å². The van der Waals surface area contributed by atoms with E-state index in [1.54, 1.807) is 30.1 Å². The first-order valence-electron chi connectivity index (χ1n) is 10.4. The Hall–Kier alpha value is -3.85. The number of rotatable bonds is 4. The van der Waals surface area contributed by atoms with Crippen LogP contribution in [0.1, 0.15) is 17.5 Å². The molecule has 0 spiro atoms. The Bertz CT molecular complexity index is 1300. The lowest BCUT2D eigenvalue weighted by Gasteiger charge is -2.34. The molecule has 1 aliphatic rings. The summed E-state index contributed by atoms with van der Waals surface area (Å²) in [6.45, 7) is 3.74. The summed E-state index contributed by atoms with van der Waals surface area (Å²) >= 11 is 0. The molecule has 0 saturated carbocycles. The van der Waals surface area contributed by atoms with E-state index < -0.39 is 0 Å². The van der Waals surface area contributed by atoms with Gasteiger partial charge in [0.2, 0.25) is 5.95 Å². The van der Waals surface area contributed by atoms with Gasteiger partial charge in [0.05, 0.1) is 24.5 Å². The van der Waals surface area contributed by atoms with Crippen molar-refractivity contribution < 1.29 is 4.74 Å². The third kappa shape index (κ3) is 3.78. The Morgan fingerprint density at radius 3 is 2.78 bits per heavy atom. The van der Waals surface area contributed by atoms with Crippen LogP contribution in [0.15, 0.2) is 66.1 Å². The van der Waals surface area contributed by atoms with E-state index in [-0.39, 0.29) is 11.7 Å². The second-order valence-electron chi connectivity index (χ2n) is 7.68. The van der Waals surface area contributed by atoms with E-state index in [0.29, 0.717) is 37.0 Å². The van der Waals surface area contributed by atoms with Crippen molar-refractivity contribution in [1.29, 1.82) is 0 Å².